The topological polar surface area (TPSA) is 15.7 Å². The molecule has 0 heterocycles. The molecule has 46 heavy (non-hydrogen) atoms. The van der Waals surface area contributed by atoms with Crippen LogP contribution in [0.4, 0.5) is 46.5 Å². The summed E-state index contributed by atoms with van der Waals surface area (Å²) < 4.78 is 116. The molecule has 0 aliphatic carbocycles. The van der Waals surface area contributed by atoms with Gasteiger partial charge in [-0.2, -0.15) is 0 Å². The van der Waals surface area contributed by atoms with Crippen molar-refractivity contribution in [2.45, 2.75) is 111 Å². The first-order valence-electron chi connectivity index (χ1n) is 15.9. The van der Waals surface area contributed by atoms with Crippen LogP contribution in [0.25, 0.3) is 0 Å². The van der Waals surface area contributed by atoms with Gasteiger partial charge in [-0.3, -0.25) is 0 Å². The van der Waals surface area contributed by atoms with Crippen LogP contribution in [0.2, 0.25) is 0 Å². The van der Waals surface area contributed by atoms with Gasteiger partial charge in [0.1, 0.15) is 11.6 Å². The Balaban J connectivity index is 0.000000462. The first-order chi connectivity index (χ1) is 21.1. The lowest BCUT2D eigenvalue weighted by Gasteiger charge is -2.32. The summed E-state index contributed by atoms with van der Waals surface area (Å²) in [5.74, 6) is -9.97. The molecule has 0 bridgehead atoms. The molecule has 2 aromatic rings. The van der Waals surface area contributed by atoms with Gasteiger partial charge in [-0.25, -0.2) is 35.1 Å². The summed E-state index contributed by atoms with van der Waals surface area (Å²) in [6.07, 6.45) is -1.18. The zero-order valence-corrected chi connectivity index (χ0v) is 28.9. The van der Waals surface area contributed by atoms with Gasteiger partial charge in [0.2, 0.25) is 0 Å². The van der Waals surface area contributed by atoms with Crippen LogP contribution in [-0.2, 0) is 4.74 Å². The molecule has 2 rings (SSSR count). The summed E-state index contributed by atoms with van der Waals surface area (Å²) in [6.45, 7) is 13.4. The highest BCUT2D eigenvalue weighted by Crippen LogP contribution is 2.33. The van der Waals surface area contributed by atoms with E-state index in [1.807, 2.05) is 34.6 Å². The van der Waals surface area contributed by atoms with Crippen LogP contribution < -0.4 is 9.80 Å². The third-order valence-electron chi connectivity index (χ3n) is 7.91. The Labute approximate surface area is 270 Å². The molecule has 0 aliphatic rings. The van der Waals surface area contributed by atoms with Crippen molar-refractivity contribution in [2.75, 3.05) is 49.7 Å². The number of methoxy groups -OCH3 is 1. The van der Waals surface area contributed by atoms with Gasteiger partial charge in [0.25, 0.3) is 17.8 Å². The molecule has 0 saturated carbocycles. The Morgan fingerprint density at radius 1 is 0.609 bits per heavy atom. The second kappa shape index (κ2) is 17.6. The van der Waals surface area contributed by atoms with E-state index in [0.29, 0.717) is 35.5 Å². The van der Waals surface area contributed by atoms with Crippen molar-refractivity contribution in [2.24, 2.45) is 0 Å². The predicted molar refractivity (Wildman–Crippen MR) is 172 cm³/mol. The average Bonchev–Trinajstić information content (AvgIpc) is 2.93. The largest absolute Gasteiger partial charge is 0.383 e. The van der Waals surface area contributed by atoms with Gasteiger partial charge in [0.05, 0.1) is 26.2 Å². The fourth-order valence-corrected chi connectivity index (χ4v) is 5.21. The maximum Gasteiger partial charge on any atom is 0.264 e. The molecule has 0 N–H and O–H groups in total. The second-order valence-corrected chi connectivity index (χ2v) is 12.5. The molecule has 0 aliphatic heterocycles. The Hall–Kier alpha value is -2.56. The van der Waals surface area contributed by atoms with Crippen LogP contribution in [0.3, 0.4) is 0 Å². The molecule has 0 amide bonds. The van der Waals surface area contributed by atoms with E-state index in [9.17, 15) is 35.1 Å². The van der Waals surface area contributed by atoms with Crippen molar-refractivity contribution < 1.29 is 39.9 Å². The summed E-state index contributed by atoms with van der Waals surface area (Å²) >= 11 is 0. The predicted octanol–water partition coefficient (Wildman–Crippen LogP) is 10.9. The van der Waals surface area contributed by atoms with E-state index >= 15 is 0 Å². The highest BCUT2D eigenvalue weighted by atomic mass is 19.3. The third-order valence-corrected chi connectivity index (χ3v) is 7.91. The first kappa shape index (κ1) is 41.5. The van der Waals surface area contributed by atoms with Gasteiger partial charge < -0.3 is 14.5 Å². The van der Waals surface area contributed by atoms with E-state index in [1.54, 1.807) is 13.0 Å². The number of aryl methyl sites for hydroxylation is 2. The summed E-state index contributed by atoms with van der Waals surface area (Å²) in [6, 6.07) is 5.72. The minimum atomic E-state index is -3.12. The fraction of sp³-hybridized carbons (Fsp3) is 0.657. The van der Waals surface area contributed by atoms with Crippen molar-refractivity contribution in [3.05, 3.63) is 58.2 Å². The molecule has 11 heteroatoms. The highest BCUT2D eigenvalue weighted by molar-refractivity contribution is 5.53. The van der Waals surface area contributed by atoms with Crippen molar-refractivity contribution in [1.82, 2.24) is 0 Å². The zero-order valence-electron chi connectivity index (χ0n) is 28.9. The molecule has 0 aromatic heterocycles. The number of halogens is 8. The van der Waals surface area contributed by atoms with Gasteiger partial charge in [-0.05, 0) is 72.2 Å². The number of hydrogen-bond acceptors (Lipinski definition) is 3. The van der Waals surface area contributed by atoms with Gasteiger partial charge in [-0.15, -0.1) is 0 Å². The van der Waals surface area contributed by atoms with E-state index < -0.39 is 56.1 Å². The summed E-state index contributed by atoms with van der Waals surface area (Å²) in [4.78, 5) is 2.39. The fourth-order valence-electron chi connectivity index (χ4n) is 5.21. The number of alkyl halides is 6. The lowest BCUT2D eigenvalue weighted by Crippen LogP contribution is -2.43. The van der Waals surface area contributed by atoms with Crippen LogP contribution in [0.15, 0.2) is 24.3 Å². The Morgan fingerprint density at radius 2 is 0.935 bits per heavy atom. The summed E-state index contributed by atoms with van der Waals surface area (Å²) in [5, 5.41) is 0. The number of nitrogens with zero attached hydrogens (tertiary/aromatic N) is 2. The maximum absolute atomic E-state index is 14.3. The molecule has 2 aromatic carbocycles. The van der Waals surface area contributed by atoms with E-state index in [1.165, 1.54) is 44.9 Å². The molecule has 0 radical (unpaired) electrons. The lowest BCUT2D eigenvalue weighted by atomic mass is 9.96. The smallest absolute Gasteiger partial charge is 0.264 e. The molecule has 264 valence electrons. The number of benzene rings is 2. The van der Waals surface area contributed by atoms with E-state index in [0.717, 1.165) is 16.5 Å². The van der Waals surface area contributed by atoms with Gasteiger partial charge >= 0.3 is 0 Å². The van der Waals surface area contributed by atoms with Crippen LogP contribution in [0, 0.1) is 25.5 Å². The molecular weight excluding hydrogens is 616 g/mol. The van der Waals surface area contributed by atoms with E-state index in [-0.39, 0.29) is 29.8 Å². The van der Waals surface area contributed by atoms with Crippen molar-refractivity contribution in [3.63, 3.8) is 0 Å². The normalized spacial score (nSPS) is 12.4. The van der Waals surface area contributed by atoms with Crippen LogP contribution in [0.5, 0.6) is 0 Å². The Kier molecular flexibility index (Phi) is 15.8. The quantitative estimate of drug-likeness (QED) is 0.166. The molecule has 0 unspecified atom stereocenters. The summed E-state index contributed by atoms with van der Waals surface area (Å²) in [5.41, 5.74) is 3.01. The summed E-state index contributed by atoms with van der Waals surface area (Å²) in [7, 11) is 1.52. The Morgan fingerprint density at radius 3 is 1.22 bits per heavy atom. The third kappa shape index (κ3) is 12.6. The maximum atomic E-state index is 14.3. The van der Waals surface area contributed by atoms with E-state index in [2.05, 4.69) is 0 Å². The minimum absolute atomic E-state index is 0.0542. The van der Waals surface area contributed by atoms with Gasteiger partial charge in [0, 0.05) is 44.3 Å². The van der Waals surface area contributed by atoms with Crippen molar-refractivity contribution in [3.8, 4) is 0 Å². The molecule has 0 spiro atoms. The standard InChI is InChI=1S/C18H26F5N.C17H26F3NO/c1-6-17(20,21)10-24(11-18(22,23)7-2)14-8-13(5)16(12(3)4)15(19)9-14;1-6-17(19,20)11-21(7-8-22-5)14-9-13(4)16(12(2)3)15(18)10-14/h8-9,12H,6-7,10-11H2,1-5H3;9-10,12H,6-8,11H2,1-5H3. The van der Waals surface area contributed by atoms with Gasteiger partial charge in [0.15, 0.2) is 0 Å². The molecule has 0 saturated heterocycles. The lowest BCUT2D eigenvalue weighted by molar-refractivity contribution is -0.0160. The van der Waals surface area contributed by atoms with Crippen molar-refractivity contribution in [1.29, 1.82) is 0 Å². The highest BCUT2D eigenvalue weighted by Gasteiger charge is 2.36. The molecule has 3 nitrogen and oxygen atoms in total. The van der Waals surface area contributed by atoms with Crippen LogP contribution >= 0.6 is 0 Å². The zero-order chi connectivity index (χ0) is 35.6. The first-order valence-corrected chi connectivity index (χ1v) is 15.9. The van der Waals surface area contributed by atoms with Crippen molar-refractivity contribution >= 4 is 11.4 Å². The number of ether oxygens (including phenoxy) is 1. The van der Waals surface area contributed by atoms with Crippen LogP contribution in [-0.4, -0.2) is 57.7 Å². The minimum Gasteiger partial charge on any atom is -0.383 e. The average molecular weight is 669 g/mol. The van der Waals surface area contributed by atoms with E-state index in [4.69, 9.17) is 4.74 Å². The molecular formula is C35H52F8N2O. The van der Waals surface area contributed by atoms with Gasteiger partial charge in [-0.1, -0.05) is 48.5 Å². The number of hydrogen-bond donors (Lipinski definition) is 0. The SMILES string of the molecule is CCC(F)(F)CN(CC(F)(F)CC)c1cc(C)c(C(C)C)c(F)c1.CCC(F)(F)CN(CCOC)c1cc(C)c(C(C)C)c(F)c1. The number of rotatable bonds is 16. The van der Waals surface area contributed by atoms with Crippen LogP contribution in [0.1, 0.15) is 102 Å². The second-order valence-electron chi connectivity index (χ2n) is 12.5. The molecule has 0 atom stereocenters. The molecule has 0 fully saturated rings. The Bertz CT molecular complexity index is 1170. The monoisotopic (exact) mass is 668 g/mol. The number of anilines is 2.